The summed E-state index contributed by atoms with van der Waals surface area (Å²) in [6.07, 6.45) is 0. The minimum atomic E-state index is -0.244. The molecule has 0 bridgehead atoms. The van der Waals surface area contributed by atoms with E-state index in [2.05, 4.69) is 16.3 Å². The number of thiophene rings is 1. The van der Waals surface area contributed by atoms with Crippen molar-refractivity contribution in [2.75, 3.05) is 19.4 Å². The third-order valence-electron chi connectivity index (χ3n) is 2.90. The fraction of sp³-hybridized carbons (Fsp3) is 0.267. The van der Waals surface area contributed by atoms with Crippen molar-refractivity contribution < 1.29 is 4.79 Å². The van der Waals surface area contributed by atoms with Gasteiger partial charge in [0.25, 0.3) is 5.91 Å². The van der Waals surface area contributed by atoms with E-state index in [1.54, 1.807) is 6.07 Å². The van der Waals surface area contributed by atoms with Crippen LogP contribution in [0.1, 0.15) is 21.5 Å². The molecule has 0 radical (unpaired) electrons. The van der Waals surface area contributed by atoms with Crippen LogP contribution >= 0.6 is 34.5 Å². The van der Waals surface area contributed by atoms with Gasteiger partial charge in [-0.3, -0.25) is 4.79 Å². The van der Waals surface area contributed by atoms with Gasteiger partial charge in [0.05, 0.1) is 9.90 Å². The van der Waals surface area contributed by atoms with Crippen molar-refractivity contribution in [3.63, 3.8) is 0 Å². The summed E-state index contributed by atoms with van der Waals surface area (Å²) in [5.41, 5.74) is 3.41. The topological polar surface area (TPSA) is 32.3 Å². The maximum Gasteiger partial charge on any atom is 0.258 e. The van der Waals surface area contributed by atoms with Gasteiger partial charge in [-0.15, -0.1) is 11.3 Å². The number of amides is 1. The molecule has 6 heteroatoms. The highest BCUT2D eigenvalue weighted by Crippen LogP contribution is 2.32. The van der Waals surface area contributed by atoms with E-state index in [1.807, 2.05) is 33.2 Å². The van der Waals surface area contributed by atoms with Crippen LogP contribution in [-0.2, 0) is 6.54 Å². The van der Waals surface area contributed by atoms with E-state index >= 15 is 0 Å². The highest BCUT2D eigenvalue weighted by atomic mass is 35.5. The summed E-state index contributed by atoms with van der Waals surface area (Å²) in [4.78, 5) is 14.4. The Kier molecular flexibility index (Phi) is 5.27. The molecule has 0 fully saturated rings. The Hall–Kier alpha value is -1.07. The van der Waals surface area contributed by atoms with Crippen LogP contribution in [0.15, 0.2) is 24.3 Å². The lowest BCUT2D eigenvalue weighted by molar-refractivity contribution is 0.102. The predicted octanol–water partition coefficient (Wildman–Crippen LogP) is 4.68. The number of hydrogen-bond acceptors (Lipinski definition) is 3. The Morgan fingerprint density at radius 3 is 2.57 bits per heavy atom. The molecule has 2 rings (SSSR count). The summed E-state index contributed by atoms with van der Waals surface area (Å²) in [6, 6.07) is 7.53. The van der Waals surface area contributed by atoms with E-state index in [9.17, 15) is 4.79 Å². The van der Waals surface area contributed by atoms with Crippen LogP contribution in [0.2, 0.25) is 8.67 Å². The van der Waals surface area contributed by atoms with Gasteiger partial charge in [0.15, 0.2) is 0 Å². The number of benzene rings is 1. The minimum absolute atomic E-state index is 0.244. The van der Waals surface area contributed by atoms with Crippen LogP contribution in [0.25, 0.3) is 0 Å². The average Bonchev–Trinajstić information content (AvgIpc) is 2.71. The summed E-state index contributed by atoms with van der Waals surface area (Å²) in [6.45, 7) is 2.77. The number of halogens is 2. The van der Waals surface area contributed by atoms with Gasteiger partial charge in [-0.1, -0.05) is 40.9 Å². The van der Waals surface area contributed by atoms with Gasteiger partial charge in [-0.2, -0.15) is 0 Å². The highest BCUT2D eigenvalue weighted by Gasteiger charge is 2.16. The molecule has 1 aromatic carbocycles. The molecule has 1 amide bonds. The Bertz CT molecular complexity index is 668. The monoisotopic (exact) mass is 342 g/mol. The molecule has 0 aliphatic heterocycles. The van der Waals surface area contributed by atoms with Crippen molar-refractivity contribution in [3.05, 3.63) is 49.6 Å². The third kappa shape index (κ3) is 4.20. The zero-order valence-electron chi connectivity index (χ0n) is 12.0. The van der Waals surface area contributed by atoms with E-state index in [0.29, 0.717) is 14.2 Å². The lowest BCUT2D eigenvalue weighted by atomic mass is 10.1. The maximum atomic E-state index is 12.3. The van der Waals surface area contributed by atoms with Gasteiger partial charge in [-0.25, -0.2) is 0 Å². The standard InChI is InChI=1S/C15H16Cl2N2OS/c1-9-4-5-12(10(6-9)8-19(2)3)18-15(20)11-7-13(16)21-14(11)17/h4-7H,8H2,1-3H3,(H,18,20). The number of aryl methyl sites for hydroxylation is 1. The number of rotatable bonds is 4. The molecular weight excluding hydrogens is 327 g/mol. The summed E-state index contributed by atoms with van der Waals surface area (Å²) >= 11 is 13.1. The van der Waals surface area contributed by atoms with Gasteiger partial charge in [0, 0.05) is 12.2 Å². The van der Waals surface area contributed by atoms with Gasteiger partial charge >= 0.3 is 0 Å². The first kappa shape index (κ1) is 16.3. The number of carbonyl (C=O) groups is 1. The van der Waals surface area contributed by atoms with Crippen LogP contribution in [0.4, 0.5) is 5.69 Å². The van der Waals surface area contributed by atoms with Crippen molar-refractivity contribution in [2.24, 2.45) is 0 Å². The smallest absolute Gasteiger partial charge is 0.258 e. The second-order valence-electron chi connectivity index (χ2n) is 5.09. The first-order valence-electron chi connectivity index (χ1n) is 6.37. The molecule has 1 N–H and O–H groups in total. The molecular formula is C15H16Cl2N2OS. The molecule has 112 valence electrons. The van der Waals surface area contributed by atoms with Crippen LogP contribution in [0.3, 0.4) is 0 Å². The van der Waals surface area contributed by atoms with Gasteiger partial charge in [-0.05, 0) is 38.7 Å². The number of nitrogens with zero attached hydrogens (tertiary/aromatic N) is 1. The largest absolute Gasteiger partial charge is 0.322 e. The number of carbonyl (C=O) groups excluding carboxylic acids is 1. The Morgan fingerprint density at radius 1 is 1.29 bits per heavy atom. The minimum Gasteiger partial charge on any atom is -0.322 e. The fourth-order valence-electron chi connectivity index (χ4n) is 2.00. The fourth-order valence-corrected chi connectivity index (χ4v) is 3.46. The van der Waals surface area contributed by atoms with Crippen molar-refractivity contribution >= 4 is 46.1 Å². The van der Waals surface area contributed by atoms with Gasteiger partial charge in [0.1, 0.15) is 4.34 Å². The molecule has 0 unspecified atom stereocenters. The number of anilines is 1. The summed E-state index contributed by atoms with van der Waals surface area (Å²) < 4.78 is 0.904. The van der Waals surface area contributed by atoms with Crippen molar-refractivity contribution in [1.82, 2.24) is 4.90 Å². The third-order valence-corrected chi connectivity index (χ3v) is 4.38. The van der Waals surface area contributed by atoms with Gasteiger partial charge in [0.2, 0.25) is 0 Å². The lowest BCUT2D eigenvalue weighted by Gasteiger charge is -2.15. The second kappa shape index (κ2) is 6.79. The quantitative estimate of drug-likeness (QED) is 0.874. The molecule has 0 atom stereocenters. The summed E-state index contributed by atoms with van der Waals surface area (Å²) in [5, 5.41) is 2.91. The number of nitrogens with one attached hydrogen (secondary N) is 1. The molecule has 1 heterocycles. The second-order valence-corrected chi connectivity index (χ2v) is 7.38. The summed E-state index contributed by atoms with van der Waals surface area (Å²) in [7, 11) is 3.98. The molecule has 3 nitrogen and oxygen atoms in total. The normalized spacial score (nSPS) is 11.0. The summed E-state index contributed by atoms with van der Waals surface area (Å²) in [5.74, 6) is -0.244. The molecule has 1 aromatic heterocycles. The molecule has 2 aromatic rings. The van der Waals surface area contributed by atoms with Crippen LogP contribution < -0.4 is 5.32 Å². The Labute approximate surface area is 138 Å². The first-order chi connectivity index (χ1) is 9.86. The highest BCUT2D eigenvalue weighted by molar-refractivity contribution is 7.20. The van der Waals surface area contributed by atoms with Gasteiger partial charge < -0.3 is 10.2 Å². The maximum absolute atomic E-state index is 12.3. The zero-order chi connectivity index (χ0) is 15.6. The van der Waals surface area contributed by atoms with Crippen LogP contribution in [-0.4, -0.2) is 24.9 Å². The predicted molar refractivity (Wildman–Crippen MR) is 90.9 cm³/mol. The van der Waals surface area contributed by atoms with Crippen LogP contribution in [0.5, 0.6) is 0 Å². The van der Waals surface area contributed by atoms with E-state index in [0.717, 1.165) is 23.4 Å². The van der Waals surface area contributed by atoms with E-state index in [1.165, 1.54) is 11.3 Å². The first-order valence-corrected chi connectivity index (χ1v) is 7.94. The SMILES string of the molecule is Cc1ccc(NC(=O)c2cc(Cl)sc2Cl)c(CN(C)C)c1. The van der Waals surface area contributed by atoms with Crippen molar-refractivity contribution in [1.29, 1.82) is 0 Å². The molecule has 0 aliphatic carbocycles. The van der Waals surface area contributed by atoms with Crippen molar-refractivity contribution in [2.45, 2.75) is 13.5 Å². The van der Waals surface area contributed by atoms with E-state index < -0.39 is 0 Å². The lowest BCUT2D eigenvalue weighted by Crippen LogP contribution is -2.16. The van der Waals surface area contributed by atoms with E-state index in [4.69, 9.17) is 23.2 Å². The molecule has 0 saturated carbocycles. The average molecular weight is 343 g/mol. The Balaban J connectivity index is 2.26. The molecule has 0 aliphatic rings. The number of hydrogen-bond donors (Lipinski definition) is 1. The molecule has 0 spiro atoms. The molecule has 21 heavy (non-hydrogen) atoms. The van der Waals surface area contributed by atoms with Crippen molar-refractivity contribution in [3.8, 4) is 0 Å². The Morgan fingerprint density at radius 2 is 2.00 bits per heavy atom. The van der Waals surface area contributed by atoms with E-state index in [-0.39, 0.29) is 5.91 Å². The molecule has 0 saturated heterocycles. The zero-order valence-corrected chi connectivity index (χ0v) is 14.4. The van der Waals surface area contributed by atoms with Crippen LogP contribution in [0, 0.1) is 6.92 Å².